The Kier molecular flexibility index (Phi) is 9.66. The van der Waals surface area contributed by atoms with E-state index < -0.39 is 0 Å². The topological polar surface area (TPSA) is 62.9 Å². The molecule has 0 unspecified atom stereocenters. The highest BCUT2D eigenvalue weighted by molar-refractivity contribution is 14.0. The van der Waals surface area contributed by atoms with Crippen molar-refractivity contribution in [1.82, 2.24) is 10.2 Å². The van der Waals surface area contributed by atoms with Crippen molar-refractivity contribution >= 4 is 29.9 Å². The molecule has 0 aromatic heterocycles. The van der Waals surface area contributed by atoms with Gasteiger partial charge in [0.25, 0.3) is 0 Å². The zero-order chi connectivity index (χ0) is 17.4. The highest BCUT2D eigenvalue weighted by Crippen LogP contribution is 2.23. The highest BCUT2D eigenvalue weighted by atomic mass is 127. The van der Waals surface area contributed by atoms with Crippen LogP contribution in [-0.4, -0.2) is 56.8 Å². The predicted molar refractivity (Wildman–Crippen MR) is 111 cm³/mol. The van der Waals surface area contributed by atoms with Crippen LogP contribution in [0.5, 0.6) is 0 Å². The second kappa shape index (κ2) is 10.9. The van der Waals surface area contributed by atoms with Gasteiger partial charge in [0.2, 0.25) is 0 Å². The highest BCUT2D eigenvalue weighted by Gasteiger charge is 2.20. The van der Waals surface area contributed by atoms with Crippen LogP contribution < -0.4 is 11.1 Å². The van der Waals surface area contributed by atoms with Gasteiger partial charge in [-0.15, -0.1) is 24.0 Å². The molecule has 1 aliphatic heterocycles. The minimum Gasteiger partial charge on any atom is -0.379 e. The fraction of sp³-hybridized carbons (Fsp3) is 0.611. The molecule has 1 aromatic rings. The summed E-state index contributed by atoms with van der Waals surface area (Å²) in [5, 5.41) is 3.17. The summed E-state index contributed by atoms with van der Waals surface area (Å²) in [4.78, 5) is 6.83. The van der Waals surface area contributed by atoms with Crippen LogP contribution in [0.4, 0.5) is 4.39 Å². The lowest BCUT2D eigenvalue weighted by molar-refractivity contribution is 0.0376. The standard InChI is InChI=1S/C18H29FN4O.HI/c1-18(2,15-4-6-16(19)7-5-15)14-22-17(20)21-8-3-9-23-10-12-24-13-11-23;/h4-7H,3,8-14H2,1-2H3,(H3,20,21,22);1H. The van der Waals surface area contributed by atoms with Crippen molar-refractivity contribution in [3.8, 4) is 0 Å². The molecule has 0 amide bonds. The number of morpholine rings is 1. The molecule has 1 fully saturated rings. The molecule has 1 aromatic carbocycles. The van der Waals surface area contributed by atoms with E-state index in [1.165, 1.54) is 12.1 Å². The molecule has 0 radical (unpaired) electrons. The molecule has 0 bridgehead atoms. The molecule has 1 aliphatic rings. The molecule has 0 atom stereocenters. The summed E-state index contributed by atoms with van der Waals surface area (Å²) in [6.07, 6.45) is 1.03. The molecule has 1 saturated heterocycles. The molecule has 7 heteroatoms. The lowest BCUT2D eigenvalue weighted by atomic mass is 9.85. The number of nitrogens with two attached hydrogens (primary N) is 1. The lowest BCUT2D eigenvalue weighted by Crippen LogP contribution is -2.39. The normalized spacial score (nSPS) is 16.4. The van der Waals surface area contributed by atoms with Crippen LogP contribution in [0.3, 0.4) is 0 Å². The maximum atomic E-state index is 13.0. The van der Waals surface area contributed by atoms with Gasteiger partial charge in [0.05, 0.1) is 19.8 Å². The van der Waals surface area contributed by atoms with Crippen LogP contribution in [0.15, 0.2) is 29.3 Å². The summed E-state index contributed by atoms with van der Waals surface area (Å²) in [6, 6.07) is 6.57. The molecular weight excluding hydrogens is 434 g/mol. The van der Waals surface area contributed by atoms with E-state index in [1.807, 2.05) is 0 Å². The number of benzene rings is 1. The second-order valence-corrected chi connectivity index (χ2v) is 6.83. The van der Waals surface area contributed by atoms with Gasteiger partial charge in [0.15, 0.2) is 5.96 Å². The molecule has 0 saturated carbocycles. The number of nitrogens with zero attached hydrogens (tertiary/aromatic N) is 2. The molecule has 2 rings (SSSR count). The predicted octanol–water partition coefficient (Wildman–Crippen LogP) is 2.35. The minimum atomic E-state index is -0.223. The van der Waals surface area contributed by atoms with Gasteiger partial charge in [-0.3, -0.25) is 9.89 Å². The van der Waals surface area contributed by atoms with Gasteiger partial charge in [-0.05, 0) is 30.7 Å². The van der Waals surface area contributed by atoms with Gasteiger partial charge in [-0.25, -0.2) is 4.39 Å². The van der Waals surface area contributed by atoms with E-state index in [9.17, 15) is 4.39 Å². The van der Waals surface area contributed by atoms with Crippen LogP contribution >= 0.6 is 24.0 Å². The first-order valence-corrected chi connectivity index (χ1v) is 8.57. The molecule has 0 aliphatic carbocycles. The third-order valence-electron chi connectivity index (χ3n) is 4.33. The zero-order valence-corrected chi connectivity index (χ0v) is 17.5. The van der Waals surface area contributed by atoms with Crippen molar-refractivity contribution in [3.63, 3.8) is 0 Å². The number of aliphatic imine (C=N–C) groups is 1. The molecular formula is C18H30FIN4O. The Hall–Kier alpha value is -0.930. The third-order valence-corrected chi connectivity index (χ3v) is 4.33. The Bertz CT molecular complexity index is 530. The minimum absolute atomic E-state index is 0. The second-order valence-electron chi connectivity index (χ2n) is 6.83. The van der Waals surface area contributed by atoms with Gasteiger partial charge in [-0.1, -0.05) is 26.0 Å². The largest absolute Gasteiger partial charge is 0.379 e. The summed E-state index contributed by atoms with van der Waals surface area (Å²) in [5.41, 5.74) is 6.81. The third kappa shape index (κ3) is 7.87. The van der Waals surface area contributed by atoms with Crippen molar-refractivity contribution in [3.05, 3.63) is 35.6 Å². The van der Waals surface area contributed by atoms with Gasteiger partial charge in [0.1, 0.15) is 5.82 Å². The van der Waals surface area contributed by atoms with Gasteiger partial charge in [-0.2, -0.15) is 0 Å². The average molecular weight is 464 g/mol. The number of ether oxygens (including phenoxy) is 1. The molecule has 0 spiro atoms. The van der Waals surface area contributed by atoms with Gasteiger partial charge in [0, 0.05) is 25.0 Å². The van der Waals surface area contributed by atoms with E-state index in [2.05, 4.69) is 29.1 Å². The Morgan fingerprint density at radius 1 is 1.28 bits per heavy atom. The Labute approximate surface area is 167 Å². The van der Waals surface area contributed by atoms with Crippen molar-refractivity contribution in [1.29, 1.82) is 0 Å². The molecule has 25 heavy (non-hydrogen) atoms. The summed E-state index contributed by atoms with van der Waals surface area (Å²) in [5.74, 6) is 0.242. The summed E-state index contributed by atoms with van der Waals surface area (Å²) >= 11 is 0. The molecule has 1 heterocycles. The number of halogens is 2. The summed E-state index contributed by atoms with van der Waals surface area (Å²) < 4.78 is 18.4. The number of nitrogens with one attached hydrogen (secondary N) is 1. The zero-order valence-electron chi connectivity index (χ0n) is 15.1. The SMILES string of the molecule is CC(C)(CN=C(N)NCCCN1CCOCC1)c1ccc(F)cc1.I. The number of guanidine groups is 1. The average Bonchev–Trinajstić information content (AvgIpc) is 2.58. The maximum absolute atomic E-state index is 13.0. The van der Waals surface area contributed by atoms with Crippen molar-refractivity contribution in [2.45, 2.75) is 25.7 Å². The smallest absolute Gasteiger partial charge is 0.188 e. The fourth-order valence-corrected chi connectivity index (χ4v) is 2.67. The number of hydrogen-bond acceptors (Lipinski definition) is 3. The molecule has 3 N–H and O–H groups in total. The number of hydrogen-bond donors (Lipinski definition) is 2. The van der Waals surface area contributed by atoms with Crippen molar-refractivity contribution in [2.24, 2.45) is 10.7 Å². The summed E-state index contributed by atoms with van der Waals surface area (Å²) in [6.45, 7) is 10.2. The van der Waals surface area contributed by atoms with Crippen LogP contribution in [0.2, 0.25) is 0 Å². The monoisotopic (exact) mass is 464 g/mol. The van der Waals surface area contributed by atoms with E-state index in [0.717, 1.165) is 51.4 Å². The van der Waals surface area contributed by atoms with E-state index in [0.29, 0.717) is 12.5 Å². The first kappa shape index (κ1) is 22.1. The Morgan fingerprint density at radius 3 is 2.56 bits per heavy atom. The van der Waals surface area contributed by atoms with Crippen LogP contribution in [0.1, 0.15) is 25.8 Å². The van der Waals surface area contributed by atoms with Gasteiger partial charge < -0.3 is 15.8 Å². The molecule has 142 valence electrons. The first-order valence-electron chi connectivity index (χ1n) is 8.57. The quantitative estimate of drug-likeness (QED) is 0.282. The van der Waals surface area contributed by atoms with Gasteiger partial charge >= 0.3 is 0 Å². The van der Waals surface area contributed by atoms with Crippen LogP contribution in [-0.2, 0) is 10.2 Å². The van der Waals surface area contributed by atoms with Crippen LogP contribution in [0, 0.1) is 5.82 Å². The first-order chi connectivity index (χ1) is 11.5. The van der Waals surface area contributed by atoms with Crippen molar-refractivity contribution < 1.29 is 9.13 Å². The summed E-state index contributed by atoms with van der Waals surface area (Å²) in [7, 11) is 0. The molecule has 5 nitrogen and oxygen atoms in total. The number of rotatable bonds is 7. The van der Waals surface area contributed by atoms with Crippen LogP contribution in [0.25, 0.3) is 0 Å². The van der Waals surface area contributed by atoms with E-state index in [-0.39, 0.29) is 35.2 Å². The Balaban J connectivity index is 0.00000312. The fourth-order valence-electron chi connectivity index (χ4n) is 2.67. The van der Waals surface area contributed by atoms with E-state index >= 15 is 0 Å². The van der Waals surface area contributed by atoms with Crippen molar-refractivity contribution in [2.75, 3.05) is 45.9 Å². The van der Waals surface area contributed by atoms with E-state index in [4.69, 9.17) is 10.5 Å². The Morgan fingerprint density at radius 2 is 1.92 bits per heavy atom. The maximum Gasteiger partial charge on any atom is 0.188 e. The lowest BCUT2D eigenvalue weighted by Gasteiger charge is -2.26. The van der Waals surface area contributed by atoms with E-state index in [1.54, 1.807) is 12.1 Å².